The van der Waals surface area contributed by atoms with E-state index in [0.29, 0.717) is 41.0 Å². The minimum absolute atomic E-state index is 0.318. The first kappa shape index (κ1) is 16.9. The summed E-state index contributed by atoms with van der Waals surface area (Å²) >= 11 is 0. The second kappa shape index (κ2) is 6.00. The topological polar surface area (TPSA) is 85.1 Å². The van der Waals surface area contributed by atoms with Gasteiger partial charge in [0.1, 0.15) is 17.2 Å². The molecule has 0 fully saturated rings. The van der Waals surface area contributed by atoms with E-state index in [0.717, 1.165) is 28.4 Å². The number of pyridine rings is 1. The molecule has 2 amide bonds. The van der Waals surface area contributed by atoms with E-state index in [9.17, 15) is 9.59 Å². The monoisotopic (exact) mass is 396 g/mol. The number of hydrogen-bond acceptors (Lipinski definition) is 5. The molecule has 3 aliphatic heterocycles. The van der Waals surface area contributed by atoms with Gasteiger partial charge < -0.3 is 4.74 Å². The van der Waals surface area contributed by atoms with Crippen LogP contribution < -0.4 is 5.32 Å². The molecular formula is C23H16N4O3. The molecule has 1 N–H and O–H groups in total. The standard InChI is InChI=1S/C23H16N4O3/c1-12-5-6-13-14(10-15-19(13)17(30-12)7-8-24-15)20-21(23(29)26-22(20)28)16-11-25-18-4-2-3-9-27(16)18/h2-6,9-11H,7-8H2,1H3,(H,26,28,29). The molecule has 0 atom stereocenters. The summed E-state index contributed by atoms with van der Waals surface area (Å²) in [7, 11) is 0. The second-order valence-electron chi connectivity index (χ2n) is 7.44. The molecule has 0 bridgehead atoms. The maximum Gasteiger partial charge on any atom is 0.261 e. The lowest BCUT2D eigenvalue weighted by molar-refractivity contribution is -0.123. The number of fused-ring (bicyclic) bond motifs is 1. The third-order valence-electron chi connectivity index (χ3n) is 5.64. The smallest absolute Gasteiger partial charge is 0.261 e. The summed E-state index contributed by atoms with van der Waals surface area (Å²) in [5.74, 6) is 0.790. The van der Waals surface area contributed by atoms with Crippen molar-refractivity contribution >= 4 is 28.7 Å². The Morgan fingerprint density at radius 1 is 1.07 bits per heavy atom. The Labute approximate surface area is 171 Å². The van der Waals surface area contributed by atoms with Crippen LogP contribution in [0.1, 0.15) is 19.0 Å². The van der Waals surface area contributed by atoms with Crippen molar-refractivity contribution in [3.05, 3.63) is 88.3 Å². The second-order valence-corrected chi connectivity index (χ2v) is 7.44. The first-order chi connectivity index (χ1) is 14.6. The first-order valence-corrected chi connectivity index (χ1v) is 9.71. The van der Waals surface area contributed by atoms with Crippen molar-refractivity contribution in [3.63, 3.8) is 0 Å². The van der Waals surface area contributed by atoms with Gasteiger partial charge in [-0.05, 0) is 42.4 Å². The summed E-state index contributed by atoms with van der Waals surface area (Å²) in [5, 5.41) is 2.46. The van der Waals surface area contributed by atoms with Gasteiger partial charge in [-0.25, -0.2) is 4.98 Å². The van der Waals surface area contributed by atoms with Gasteiger partial charge >= 0.3 is 0 Å². The lowest BCUT2D eigenvalue weighted by atomic mass is 9.92. The molecule has 0 aromatic carbocycles. The third kappa shape index (κ3) is 2.26. The number of hydrogen-bond donors (Lipinski definition) is 1. The van der Waals surface area contributed by atoms with Crippen molar-refractivity contribution in [2.24, 2.45) is 4.99 Å². The fourth-order valence-electron chi connectivity index (χ4n) is 4.36. The number of carbonyl (C=O) groups excluding carboxylic acids is 2. The van der Waals surface area contributed by atoms with Gasteiger partial charge in [0, 0.05) is 24.7 Å². The zero-order chi connectivity index (χ0) is 20.4. The number of allylic oxidation sites excluding steroid dienone is 6. The van der Waals surface area contributed by atoms with E-state index in [1.165, 1.54) is 0 Å². The SMILES string of the molecule is CC1=CC=C2C(C3=C(c4cnc5ccccn45)C(=O)NC3=O)=CC3=NCCC(=C23)O1. The molecule has 0 saturated carbocycles. The van der Waals surface area contributed by atoms with Gasteiger partial charge in [-0.3, -0.25) is 24.3 Å². The van der Waals surface area contributed by atoms with Crippen LogP contribution in [-0.4, -0.2) is 33.5 Å². The van der Waals surface area contributed by atoms with Crippen LogP contribution in [0, 0.1) is 0 Å². The summed E-state index contributed by atoms with van der Waals surface area (Å²) in [4.78, 5) is 34.8. The highest BCUT2D eigenvalue weighted by molar-refractivity contribution is 6.38. The zero-order valence-corrected chi connectivity index (χ0v) is 16.1. The van der Waals surface area contributed by atoms with Crippen LogP contribution in [0.4, 0.5) is 0 Å². The fourth-order valence-corrected chi connectivity index (χ4v) is 4.36. The minimum atomic E-state index is -0.426. The molecule has 5 heterocycles. The Morgan fingerprint density at radius 3 is 2.83 bits per heavy atom. The number of carbonyl (C=O) groups is 2. The Balaban J connectivity index is 1.63. The highest BCUT2D eigenvalue weighted by Crippen LogP contribution is 2.43. The van der Waals surface area contributed by atoms with Crippen molar-refractivity contribution in [1.29, 1.82) is 0 Å². The highest BCUT2D eigenvalue weighted by Gasteiger charge is 2.40. The van der Waals surface area contributed by atoms with Crippen molar-refractivity contribution in [2.45, 2.75) is 13.3 Å². The van der Waals surface area contributed by atoms with E-state index in [2.05, 4.69) is 15.3 Å². The number of rotatable bonds is 2. The number of aromatic nitrogens is 2. The van der Waals surface area contributed by atoms with E-state index in [4.69, 9.17) is 4.74 Å². The van der Waals surface area contributed by atoms with Crippen molar-refractivity contribution in [1.82, 2.24) is 14.7 Å². The molecule has 30 heavy (non-hydrogen) atoms. The maximum atomic E-state index is 12.9. The fraction of sp³-hybridized carbons (Fsp3) is 0.130. The van der Waals surface area contributed by atoms with E-state index >= 15 is 0 Å². The van der Waals surface area contributed by atoms with Gasteiger partial charge in [0.05, 0.1) is 28.7 Å². The van der Waals surface area contributed by atoms with Gasteiger partial charge in [-0.2, -0.15) is 0 Å². The Morgan fingerprint density at radius 2 is 1.93 bits per heavy atom. The predicted octanol–water partition coefficient (Wildman–Crippen LogP) is 2.64. The van der Waals surface area contributed by atoms with Crippen molar-refractivity contribution in [2.75, 3.05) is 6.54 Å². The van der Waals surface area contributed by atoms with Crippen LogP contribution in [0.5, 0.6) is 0 Å². The summed E-state index contributed by atoms with van der Waals surface area (Å²) in [5.41, 5.74) is 5.17. The van der Waals surface area contributed by atoms with Gasteiger partial charge in [0.25, 0.3) is 11.8 Å². The van der Waals surface area contributed by atoms with Crippen LogP contribution in [0.15, 0.2) is 87.6 Å². The average molecular weight is 396 g/mol. The molecule has 7 heteroatoms. The Bertz CT molecular complexity index is 1380. The number of ether oxygens (including phenoxy) is 1. The lowest BCUT2D eigenvalue weighted by Crippen LogP contribution is -2.23. The van der Waals surface area contributed by atoms with E-state index in [1.54, 1.807) is 6.20 Å². The molecule has 2 aromatic heterocycles. The average Bonchev–Trinajstić information content (AvgIpc) is 3.35. The summed E-state index contributed by atoms with van der Waals surface area (Å²) in [6.45, 7) is 2.53. The summed E-state index contributed by atoms with van der Waals surface area (Å²) in [6, 6.07) is 5.59. The van der Waals surface area contributed by atoms with E-state index < -0.39 is 11.8 Å². The van der Waals surface area contributed by atoms with Gasteiger partial charge in [0.15, 0.2) is 0 Å². The molecule has 0 spiro atoms. The number of imide groups is 1. The largest absolute Gasteiger partial charge is 0.466 e. The van der Waals surface area contributed by atoms with Crippen LogP contribution in [0.25, 0.3) is 11.2 Å². The van der Waals surface area contributed by atoms with E-state index in [-0.39, 0.29) is 0 Å². The van der Waals surface area contributed by atoms with Crippen LogP contribution in [0.2, 0.25) is 0 Å². The lowest BCUT2D eigenvalue weighted by Gasteiger charge is -2.16. The molecular weight excluding hydrogens is 380 g/mol. The molecule has 7 nitrogen and oxygen atoms in total. The van der Waals surface area contributed by atoms with Crippen LogP contribution >= 0.6 is 0 Å². The number of imidazole rings is 1. The predicted molar refractivity (Wildman–Crippen MR) is 110 cm³/mol. The molecule has 0 radical (unpaired) electrons. The highest BCUT2D eigenvalue weighted by atomic mass is 16.5. The van der Waals surface area contributed by atoms with Crippen molar-refractivity contribution in [3.8, 4) is 0 Å². The van der Waals surface area contributed by atoms with Crippen LogP contribution in [0.3, 0.4) is 0 Å². The number of aliphatic imine (C=N–C) groups is 1. The van der Waals surface area contributed by atoms with Crippen LogP contribution in [-0.2, 0) is 14.3 Å². The van der Waals surface area contributed by atoms with Gasteiger partial charge in [-0.1, -0.05) is 12.1 Å². The number of amides is 2. The number of dihydropyridines is 1. The maximum absolute atomic E-state index is 12.9. The molecule has 2 aromatic rings. The number of nitrogens with one attached hydrogen (secondary N) is 1. The minimum Gasteiger partial charge on any atom is -0.466 e. The normalized spacial score (nSPS) is 20.4. The first-order valence-electron chi connectivity index (χ1n) is 9.71. The Hall–Kier alpha value is -4.00. The summed E-state index contributed by atoms with van der Waals surface area (Å²) in [6.07, 6.45) is 9.86. The quantitative estimate of drug-likeness (QED) is 0.791. The molecule has 146 valence electrons. The number of nitrogens with zero attached hydrogens (tertiary/aromatic N) is 3. The van der Waals surface area contributed by atoms with Crippen molar-refractivity contribution < 1.29 is 14.3 Å². The third-order valence-corrected chi connectivity index (χ3v) is 5.64. The van der Waals surface area contributed by atoms with E-state index in [1.807, 2.05) is 53.9 Å². The molecule has 4 aliphatic rings. The summed E-state index contributed by atoms with van der Waals surface area (Å²) < 4.78 is 7.80. The molecule has 0 saturated heterocycles. The zero-order valence-electron chi connectivity index (χ0n) is 16.1. The molecule has 0 unspecified atom stereocenters. The Kier molecular flexibility index (Phi) is 3.38. The van der Waals surface area contributed by atoms with Gasteiger partial charge in [-0.15, -0.1) is 0 Å². The molecule has 6 rings (SSSR count). The molecule has 1 aliphatic carbocycles. The van der Waals surface area contributed by atoms with Gasteiger partial charge in [0.2, 0.25) is 0 Å².